The van der Waals surface area contributed by atoms with Crippen molar-refractivity contribution in [2.75, 3.05) is 0 Å². The third-order valence-corrected chi connectivity index (χ3v) is 5.26. The number of sulfone groups is 1. The van der Waals surface area contributed by atoms with Gasteiger partial charge in [-0.3, -0.25) is 0 Å². The van der Waals surface area contributed by atoms with Crippen molar-refractivity contribution in [2.24, 2.45) is 0 Å². The summed E-state index contributed by atoms with van der Waals surface area (Å²) < 4.78 is 25.2. The van der Waals surface area contributed by atoms with Crippen LogP contribution in [0.3, 0.4) is 0 Å². The largest absolute Gasteiger partial charge is 0.508 e. The molecule has 0 saturated carbocycles. The molecule has 0 aliphatic carbocycles. The summed E-state index contributed by atoms with van der Waals surface area (Å²) in [5, 5.41) is 19.3. The molecule has 0 fully saturated rings. The fraction of sp³-hybridized carbons (Fsp3) is 0.200. The third kappa shape index (κ3) is 2.36. The monoisotopic (exact) mass is 292 g/mol. The van der Waals surface area contributed by atoms with E-state index in [1.807, 2.05) is 0 Å². The second-order valence-corrected chi connectivity index (χ2v) is 6.74. The first-order valence-corrected chi connectivity index (χ1v) is 7.56. The van der Waals surface area contributed by atoms with Crippen molar-refractivity contribution in [2.45, 2.75) is 30.6 Å². The van der Waals surface area contributed by atoms with E-state index in [0.29, 0.717) is 5.56 Å². The lowest BCUT2D eigenvalue weighted by atomic mass is 10.1. The lowest BCUT2D eigenvalue weighted by Gasteiger charge is -2.11. The Labute approximate surface area is 118 Å². The van der Waals surface area contributed by atoms with Crippen LogP contribution >= 0.6 is 0 Å². The molecular formula is C15H16O4S. The molecule has 0 spiro atoms. The predicted molar refractivity (Wildman–Crippen MR) is 75.9 cm³/mol. The van der Waals surface area contributed by atoms with Gasteiger partial charge in [0.15, 0.2) is 0 Å². The summed E-state index contributed by atoms with van der Waals surface area (Å²) in [4.78, 5) is -0.0387. The molecule has 0 heterocycles. The lowest BCUT2D eigenvalue weighted by molar-refractivity contribution is 0.458. The number of rotatable bonds is 2. The van der Waals surface area contributed by atoms with Gasteiger partial charge in [0.2, 0.25) is 9.84 Å². The Balaban J connectivity index is 2.70. The smallest absolute Gasteiger partial charge is 0.210 e. The summed E-state index contributed by atoms with van der Waals surface area (Å²) in [5.41, 5.74) is 2.05. The van der Waals surface area contributed by atoms with Crippen LogP contribution < -0.4 is 0 Å². The molecule has 0 unspecified atom stereocenters. The first-order chi connectivity index (χ1) is 9.23. The summed E-state index contributed by atoms with van der Waals surface area (Å²) in [7, 11) is -3.82. The van der Waals surface area contributed by atoms with Gasteiger partial charge in [-0.2, -0.15) is 0 Å². The Morgan fingerprint density at radius 3 is 2.00 bits per heavy atom. The van der Waals surface area contributed by atoms with Crippen molar-refractivity contribution in [3.63, 3.8) is 0 Å². The van der Waals surface area contributed by atoms with Crippen molar-refractivity contribution in [1.29, 1.82) is 0 Å². The second kappa shape index (κ2) is 4.83. The van der Waals surface area contributed by atoms with Gasteiger partial charge in [0, 0.05) is 0 Å². The molecule has 0 aliphatic rings. The number of benzene rings is 2. The van der Waals surface area contributed by atoms with Gasteiger partial charge in [-0.15, -0.1) is 0 Å². The van der Waals surface area contributed by atoms with Crippen molar-refractivity contribution in [1.82, 2.24) is 0 Å². The maximum Gasteiger partial charge on any atom is 0.210 e. The van der Waals surface area contributed by atoms with Gasteiger partial charge in [-0.1, -0.05) is 0 Å². The van der Waals surface area contributed by atoms with Crippen LogP contribution in [0.2, 0.25) is 0 Å². The summed E-state index contributed by atoms with van der Waals surface area (Å²) in [6.07, 6.45) is 0. The molecule has 2 aromatic rings. The van der Waals surface area contributed by atoms with Crippen LogP contribution in [-0.4, -0.2) is 18.6 Å². The van der Waals surface area contributed by atoms with Gasteiger partial charge in [0.25, 0.3) is 0 Å². The van der Waals surface area contributed by atoms with Crippen LogP contribution in [0.25, 0.3) is 0 Å². The molecule has 0 saturated heterocycles. The van der Waals surface area contributed by atoms with Crippen molar-refractivity contribution >= 4 is 9.84 Å². The number of hydrogen-bond donors (Lipinski definition) is 2. The summed E-state index contributed by atoms with van der Waals surface area (Å²) >= 11 is 0. The van der Waals surface area contributed by atoms with Crippen LogP contribution in [0.15, 0.2) is 40.1 Å². The topological polar surface area (TPSA) is 74.6 Å². The Bertz CT molecular complexity index is 777. The average molecular weight is 292 g/mol. The molecule has 0 atom stereocenters. The predicted octanol–water partition coefficient (Wildman–Crippen LogP) is 2.86. The fourth-order valence-corrected chi connectivity index (χ4v) is 3.68. The zero-order chi connectivity index (χ0) is 15.1. The average Bonchev–Trinajstić information content (AvgIpc) is 2.33. The number of aromatic hydroxyl groups is 2. The lowest BCUT2D eigenvalue weighted by Crippen LogP contribution is -2.05. The van der Waals surface area contributed by atoms with Crippen molar-refractivity contribution in [3.05, 3.63) is 47.0 Å². The van der Waals surface area contributed by atoms with Gasteiger partial charge in [0.05, 0.1) is 4.90 Å². The Kier molecular flexibility index (Phi) is 3.48. The van der Waals surface area contributed by atoms with E-state index in [0.717, 1.165) is 11.1 Å². The number of hydrogen-bond acceptors (Lipinski definition) is 4. The normalized spacial score (nSPS) is 11.6. The SMILES string of the molecule is Cc1cc(O)c(S(=O)(=O)c2ccc(O)cc2C)cc1C. The second-order valence-electron chi connectivity index (χ2n) is 4.86. The molecule has 0 radical (unpaired) electrons. The van der Waals surface area contributed by atoms with E-state index in [1.165, 1.54) is 30.3 Å². The van der Waals surface area contributed by atoms with Crippen LogP contribution in [-0.2, 0) is 9.84 Å². The van der Waals surface area contributed by atoms with E-state index in [4.69, 9.17) is 0 Å². The quantitative estimate of drug-likeness (QED) is 0.892. The summed E-state index contributed by atoms with van der Waals surface area (Å²) in [6, 6.07) is 6.95. The summed E-state index contributed by atoms with van der Waals surface area (Å²) in [5.74, 6) is -0.258. The van der Waals surface area contributed by atoms with Gasteiger partial charge in [-0.25, -0.2) is 8.42 Å². The zero-order valence-corrected chi connectivity index (χ0v) is 12.3. The molecular weight excluding hydrogens is 276 g/mol. The molecule has 106 valence electrons. The van der Waals surface area contributed by atoms with E-state index in [9.17, 15) is 18.6 Å². The van der Waals surface area contributed by atoms with E-state index in [-0.39, 0.29) is 21.3 Å². The minimum Gasteiger partial charge on any atom is -0.508 e. The third-order valence-electron chi connectivity index (χ3n) is 3.31. The Morgan fingerprint density at radius 2 is 1.40 bits per heavy atom. The van der Waals surface area contributed by atoms with E-state index < -0.39 is 9.84 Å². The maximum absolute atomic E-state index is 12.6. The number of phenols is 2. The van der Waals surface area contributed by atoms with Crippen molar-refractivity contribution in [3.8, 4) is 11.5 Å². The maximum atomic E-state index is 12.6. The van der Waals surface area contributed by atoms with Gasteiger partial charge in [0.1, 0.15) is 16.4 Å². The zero-order valence-electron chi connectivity index (χ0n) is 11.5. The van der Waals surface area contributed by atoms with Gasteiger partial charge < -0.3 is 10.2 Å². The molecule has 0 aliphatic heterocycles. The molecule has 2 aromatic carbocycles. The Morgan fingerprint density at radius 1 is 0.800 bits per heavy atom. The molecule has 0 amide bonds. The minimum absolute atomic E-state index is 0.00533. The van der Waals surface area contributed by atoms with E-state index in [1.54, 1.807) is 20.8 Å². The van der Waals surface area contributed by atoms with E-state index >= 15 is 0 Å². The summed E-state index contributed by atoms with van der Waals surface area (Å²) in [6.45, 7) is 5.19. The number of phenolic OH excluding ortho intramolecular Hbond substituents is 2. The molecule has 0 bridgehead atoms. The molecule has 0 aromatic heterocycles. The molecule has 5 heteroatoms. The highest BCUT2D eigenvalue weighted by Crippen LogP contribution is 2.33. The standard InChI is InChI=1S/C15H16O4S/c1-9-7-13(17)15(8-10(9)2)20(18,19)14-5-4-12(16)6-11(14)3/h4-8,16-17H,1-3H3. The highest BCUT2D eigenvalue weighted by molar-refractivity contribution is 7.91. The fourth-order valence-electron chi connectivity index (χ4n) is 2.04. The highest BCUT2D eigenvalue weighted by Gasteiger charge is 2.24. The van der Waals surface area contributed by atoms with Gasteiger partial charge in [-0.05, 0) is 67.8 Å². The first kappa shape index (κ1) is 14.4. The van der Waals surface area contributed by atoms with Crippen LogP contribution in [0.4, 0.5) is 0 Å². The molecule has 2 rings (SSSR count). The highest BCUT2D eigenvalue weighted by atomic mass is 32.2. The molecule has 2 N–H and O–H groups in total. The first-order valence-electron chi connectivity index (χ1n) is 6.08. The molecule has 4 nitrogen and oxygen atoms in total. The number of aryl methyl sites for hydroxylation is 3. The van der Waals surface area contributed by atoms with Gasteiger partial charge >= 0.3 is 0 Å². The Hall–Kier alpha value is -2.01. The molecule has 20 heavy (non-hydrogen) atoms. The van der Waals surface area contributed by atoms with Crippen LogP contribution in [0.5, 0.6) is 11.5 Å². The van der Waals surface area contributed by atoms with E-state index in [2.05, 4.69) is 0 Å². The van der Waals surface area contributed by atoms with Crippen LogP contribution in [0, 0.1) is 20.8 Å². The minimum atomic E-state index is -3.82. The van der Waals surface area contributed by atoms with Crippen molar-refractivity contribution < 1.29 is 18.6 Å². The van der Waals surface area contributed by atoms with Crippen LogP contribution in [0.1, 0.15) is 16.7 Å².